The maximum Gasteiger partial charge on any atom is 0.416 e. The molecule has 0 aliphatic rings. The lowest BCUT2D eigenvalue weighted by Gasteiger charge is -2.12. The van der Waals surface area contributed by atoms with Crippen LogP contribution in [0.5, 0.6) is 11.5 Å². The van der Waals surface area contributed by atoms with Gasteiger partial charge in [-0.05, 0) is 24.3 Å². The number of ether oxygens (including phenoxy) is 1. The van der Waals surface area contributed by atoms with E-state index in [-0.39, 0.29) is 11.8 Å². The van der Waals surface area contributed by atoms with Crippen LogP contribution in [0, 0.1) is 5.82 Å². The van der Waals surface area contributed by atoms with E-state index in [2.05, 4.69) is 5.10 Å². The summed E-state index contributed by atoms with van der Waals surface area (Å²) >= 11 is 5.73. The minimum absolute atomic E-state index is 0.0604. The van der Waals surface area contributed by atoms with Crippen molar-refractivity contribution in [1.29, 1.82) is 0 Å². The smallest absolute Gasteiger partial charge is 0.416 e. The molecule has 0 saturated carbocycles. The average Bonchev–Trinajstić information content (AvgIpc) is 2.91. The van der Waals surface area contributed by atoms with Crippen LogP contribution < -0.4 is 4.74 Å². The molecule has 3 rings (SSSR count). The number of carboxylic acid groups (broad SMARTS) is 1. The number of halogens is 5. The standard InChI is InChI=1S/C16H9ClF4N2O3/c17-11-3-9(16(19,20)21)4-12(18)15(11)26-10-2-1-8-6-22-23(7-14(24)25)13(8)5-10/h1-6H,7H2,(H,24,25). The third-order valence-corrected chi connectivity index (χ3v) is 3.73. The number of carboxylic acids is 1. The molecule has 0 atom stereocenters. The predicted molar refractivity (Wildman–Crippen MR) is 83.9 cm³/mol. The summed E-state index contributed by atoms with van der Waals surface area (Å²) in [5, 5.41) is 12.8. The molecule has 0 saturated heterocycles. The van der Waals surface area contributed by atoms with Crippen LogP contribution in [-0.2, 0) is 17.5 Å². The lowest BCUT2D eigenvalue weighted by molar-refractivity contribution is -0.138. The first kappa shape index (κ1) is 18.0. The summed E-state index contributed by atoms with van der Waals surface area (Å²) in [6.07, 6.45) is -3.31. The fourth-order valence-electron chi connectivity index (χ4n) is 2.31. The van der Waals surface area contributed by atoms with Crippen LogP contribution in [0.4, 0.5) is 17.6 Å². The number of aromatic nitrogens is 2. The number of carbonyl (C=O) groups is 1. The van der Waals surface area contributed by atoms with Gasteiger partial charge < -0.3 is 9.84 Å². The van der Waals surface area contributed by atoms with Gasteiger partial charge in [-0.15, -0.1) is 0 Å². The van der Waals surface area contributed by atoms with Crippen LogP contribution in [0.3, 0.4) is 0 Å². The second-order valence-corrected chi connectivity index (χ2v) is 5.69. The van der Waals surface area contributed by atoms with Crippen LogP contribution in [0.15, 0.2) is 36.5 Å². The first-order valence-corrected chi connectivity index (χ1v) is 7.44. The topological polar surface area (TPSA) is 64.3 Å². The molecule has 1 N–H and O–H groups in total. The lowest BCUT2D eigenvalue weighted by atomic mass is 10.2. The van der Waals surface area contributed by atoms with Crippen LogP contribution in [-0.4, -0.2) is 20.9 Å². The Kier molecular flexibility index (Phi) is 4.49. The Balaban J connectivity index is 1.97. The highest BCUT2D eigenvalue weighted by molar-refractivity contribution is 6.32. The van der Waals surface area contributed by atoms with Crippen LogP contribution >= 0.6 is 11.6 Å². The highest BCUT2D eigenvalue weighted by Crippen LogP contribution is 2.39. The highest BCUT2D eigenvalue weighted by atomic mass is 35.5. The zero-order chi connectivity index (χ0) is 19.1. The molecule has 0 bridgehead atoms. The van der Waals surface area contributed by atoms with E-state index in [0.717, 1.165) is 0 Å². The molecular formula is C16H9ClF4N2O3. The lowest BCUT2D eigenvalue weighted by Crippen LogP contribution is -2.09. The van der Waals surface area contributed by atoms with Gasteiger partial charge in [-0.25, -0.2) is 4.39 Å². The normalized spacial score (nSPS) is 11.7. The molecule has 2 aromatic carbocycles. The molecular weight excluding hydrogens is 380 g/mol. The summed E-state index contributed by atoms with van der Waals surface area (Å²) in [6.45, 7) is -0.400. The summed E-state index contributed by atoms with van der Waals surface area (Å²) < 4.78 is 58.5. The minimum atomic E-state index is -4.74. The molecule has 0 aliphatic heterocycles. The predicted octanol–water partition coefficient (Wildman–Crippen LogP) is 4.72. The fraction of sp³-hybridized carbons (Fsp3) is 0.125. The number of hydrogen-bond acceptors (Lipinski definition) is 3. The van der Waals surface area contributed by atoms with Crippen molar-refractivity contribution in [2.24, 2.45) is 0 Å². The van der Waals surface area contributed by atoms with Crippen molar-refractivity contribution < 1.29 is 32.2 Å². The number of alkyl halides is 3. The van der Waals surface area contributed by atoms with E-state index in [0.29, 0.717) is 17.0 Å². The van der Waals surface area contributed by atoms with Crippen molar-refractivity contribution in [2.75, 3.05) is 0 Å². The molecule has 10 heteroatoms. The number of hydrogen-bond donors (Lipinski definition) is 1. The molecule has 0 unspecified atom stereocenters. The molecule has 136 valence electrons. The summed E-state index contributed by atoms with van der Waals surface area (Å²) in [5.41, 5.74) is -0.837. The van der Waals surface area contributed by atoms with Gasteiger partial charge in [0.25, 0.3) is 0 Å². The van der Waals surface area contributed by atoms with E-state index in [1.807, 2.05) is 0 Å². The summed E-state index contributed by atoms with van der Waals surface area (Å²) in [7, 11) is 0. The molecule has 0 amide bonds. The second kappa shape index (κ2) is 6.49. The second-order valence-electron chi connectivity index (χ2n) is 5.29. The van der Waals surface area contributed by atoms with Gasteiger partial charge in [0, 0.05) is 11.5 Å². The van der Waals surface area contributed by atoms with E-state index in [1.54, 1.807) is 6.07 Å². The molecule has 1 aromatic heterocycles. The van der Waals surface area contributed by atoms with Crippen molar-refractivity contribution in [3.8, 4) is 11.5 Å². The number of rotatable bonds is 4. The van der Waals surface area contributed by atoms with Crippen LogP contribution in [0.2, 0.25) is 5.02 Å². The van der Waals surface area contributed by atoms with Crippen molar-refractivity contribution in [1.82, 2.24) is 9.78 Å². The Bertz CT molecular complexity index is 978. The van der Waals surface area contributed by atoms with Crippen LogP contribution in [0.25, 0.3) is 10.9 Å². The minimum Gasteiger partial charge on any atom is -0.480 e. The maximum atomic E-state index is 14.0. The van der Waals surface area contributed by atoms with Crippen molar-refractivity contribution in [3.63, 3.8) is 0 Å². The van der Waals surface area contributed by atoms with Gasteiger partial charge in [0.15, 0.2) is 11.6 Å². The average molecular weight is 389 g/mol. The van der Waals surface area contributed by atoms with Gasteiger partial charge >= 0.3 is 12.1 Å². The zero-order valence-corrected chi connectivity index (χ0v) is 13.5. The van der Waals surface area contributed by atoms with E-state index in [9.17, 15) is 22.4 Å². The zero-order valence-electron chi connectivity index (χ0n) is 12.7. The first-order valence-electron chi connectivity index (χ1n) is 7.06. The van der Waals surface area contributed by atoms with Crippen molar-refractivity contribution in [3.05, 3.63) is 52.9 Å². The Morgan fingerprint density at radius 1 is 1.27 bits per heavy atom. The molecule has 26 heavy (non-hydrogen) atoms. The number of benzene rings is 2. The van der Waals surface area contributed by atoms with E-state index < -0.39 is 40.8 Å². The number of fused-ring (bicyclic) bond motifs is 1. The molecule has 1 heterocycles. The Morgan fingerprint density at radius 2 is 2.00 bits per heavy atom. The summed E-state index contributed by atoms with van der Waals surface area (Å²) in [4.78, 5) is 10.8. The Hall–Kier alpha value is -2.81. The van der Waals surface area contributed by atoms with E-state index in [4.69, 9.17) is 21.4 Å². The van der Waals surface area contributed by atoms with Gasteiger partial charge in [-0.3, -0.25) is 9.48 Å². The molecule has 0 radical (unpaired) electrons. The molecule has 0 spiro atoms. The van der Waals surface area contributed by atoms with Gasteiger partial charge in [0.1, 0.15) is 12.3 Å². The van der Waals surface area contributed by atoms with Crippen LogP contribution in [0.1, 0.15) is 5.56 Å². The Labute approximate surface area is 148 Å². The summed E-state index contributed by atoms with van der Waals surface area (Å²) in [5.74, 6) is -2.89. The van der Waals surface area contributed by atoms with Gasteiger partial charge in [-0.1, -0.05) is 11.6 Å². The third kappa shape index (κ3) is 3.57. The number of nitrogens with zero attached hydrogens (tertiary/aromatic N) is 2. The Morgan fingerprint density at radius 3 is 2.62 bits per heavy atom. The van der Waals surface area contributed by atoms with E-state index >= 15 is 0 Å². The molecule has 5 nitrogen and oxygen atoms in total. The number of aliphatic carboxylic acids is 1. The summed E-state index contributed by atoms with van der Waals surface area (Å²) in [6, 6.07) is 5.22. The molecule has 0 fully saturated rings. The maximum absolute atomic E-state index is 14.0. The third-order valence-electron chi connectivity index (χ3n) is 3.45. The highest BCUT2D eigenvalue weighted by Gasteiger charge is 2.32. The monoisotopic (exact) mass is 388 g/mol. The van der Waals surface area contributed by atoms with Gasteiger partial charge in [-0.2, -0.15) is 18.3 Å². The van der Waals surface area contributed by atoms with Crippen molar-refractivity contribution in [2.45, 2.75) is 12.7 Å². The first-order chi connectivity index (χ1) is 12.1. The quantitative estimate of drug-likeness (QED) is 0.657. The molecule has 0 aliphatic carbocycles. The van der Waals surface area contributed by atoms with Gasteiger partial charge in [0.2, 0.25) is 0 Å². The molecule has 3 aromatic rings. The SMILES string of the molecule is O=C(O)Cn1ncc2ccc(Oc3c(F)cc(C(F)(F)F)cc3Cl)cc21. The van der Waals surface area contributed by atoms with E-state index in [1.165, 1.54) is 23.0 Å². The largest absolute Gasteiger partial charge is 0.480 e. The van der Waals surface area contributed by atoms with Crippen molar-refractivity contribution >= 4 is 28.5 Å². The fourth-order valence-corrected chi connectivity index (χ4v) is 2.55. The van der Waals surface area contributed by atoms with Gasteiger partial charge in [0.05, 0.1) is 22.3 Å².